The van der Waals surface area contributed by atoms with E-state index in [0.29, 0.717) is 18.1 Å². The van der Waals surface area contributed by atoms with Crippen LogP contribution in [0.25, 0.3) is 5.82 Å². The first-order valence-corrected chi connectivity index (χ1v) is 11.2. The molecule has 0 radical (unpaired) electrons. The van der Waals surface area contributed by atoms with Crippen molar-refractivity contribution in [2.45, 2.75) is 51.4 Å². The van der Waals surface area contributed by atoms with Crippen LogP contribution in [0.4, 0.5) is 0 Å². The Labute approximate surface area is 191 Å². The Balaban J connectivity index is 1.20. The minimum atomic E-state index is -0.683. The van der Waals surface area contributed by atoms with E-state index in [2.05, 4.69) is 25.4 Å². The molecule has 2 saturated heterocycles. The highest BCUT2D eigenvalue weighted by atomic mass is 16.5. The number of rotatable bonds is 5. The third-order valence-electron chi connectivity index (χ3n) is 7.04. The molecule has 0 saturated carbocycles. The van der Waals surface area contributed by atoms with Gasteiger partial charge in [0.25, 0.3) is 0 Å². The lowest BCUT2D eigenvalue weighted by atomic mass is 9.76. The molecule has 11 nitrogen and oxygen atoms in total. The largest absolute Gasteiger partial charge is 0.453 e. The number of tetrazole rings is 1. The van der Waals surface area contributed by atoms with Crippen molar-refractivity contribution in [1.82, 2.24) is 35.0 Å². The Morgan fingerprint density at radius 3 is 2.64 bits per heavy atom. The minimum Gasteiger partial charge on any atom is -0.453 e. The maximum atomic E-state index is 13.4. The van der Waals surface area contributed by atoms with Crippen molar-refractivity contribution in [2.75, 3.05) is 19.6 Å². The number of ether oxygens (including phenoxy) is 1. The second-order valence-corrected chi connectivity index (χ2v) is 9.18. The van der Waals surface area contributed by atoms with Crippen LogP contribution in [-0.4, -0.2) is 83.8 Å². The van der Waals surface area contributed by atoms with Crippen molar-refractivity contribution in [3.05, 3.63) is 42.0 Å². The van der Waals surface area contributed by atoms with Gasteiger partial charge in [0.2, 0.25) is 5.91 Å². The van der Waals surface area contributed by atoms with Gasteiger partial charge in [-0.05, 0) is 62.7 Å². The molecule has 0 aromatic carbocycles. The zero-order valence-electron chi connectivity index (χ0n) is 18.7. The minimum absolute atomic E-state index is 0.0302. The average Bonchev–Trinajstić information content (AvgIpc) is 3.50. The van der Waals surface area contributed by atoms with Crippen LogP contribution >= 0.6 is 0 Å². The van der Waals surface area contributed by atoms with Gasteiger partial charge in [0.15, 0.2) is 5.82 Å². The highest BCUT2D eigenvalue weighted by Crippen LogP contribution is 2.46. The summed E-state index contributed by atoms with van der Waals surface area (Å²) in [6.45, 7) is 5.76. The molecule has 0 bridgehead atoms. The summed E-state index contributed by atoms with van der Waals surface area (Å²) in [7, 11) is 0. The van der Waals surface area contributed by atoms with Crippen LogP contribution in [0.5, 0.6) is 0 Å². The first kappa shape index (κ1) is 21.7. The molecule has 1 spiro atoms. The predicted molar refractivity (Wildman–Crippen MR) is 115 cm³/mol. The van der Waals surface area contributed by atoms with E-state index in [4.69, 9.17) is 4.74 Å². The van der Waals surface area contributed by atoms with Crippen molar-refractivity contribution in [2.24, 2.45) is 5.41 Å². The second-order valence-electron chi connectivity index (χ2n) is 9.18. The van der Waals surface area contributed by atoms with Crippen LogP contribution in [0.15, 0.2) is 36.4 Å². The average molecular weight is 454 g/mol. The van der Waals surface area contributed by atoms with Gasteiger partial charge in [-0.1, -0.05) is 6.07 Å². The van der Waals surface area contributed by atoms with Crippen molar-refractivity contribution < 1.29 is 19.4 Å². The number of hydrogen-bond acceptors (Lipinski definition) is 9. The van der Waals surface area contributed by atoms with E-state index >= 15 is 0 Å². The highest BCUT2D eigenvalue weighted by molar-refractivity contribution is 5.91. The SMILES string of the molecule is CC1OC(=O)C=C1N1C(=O)C2(CCN(C[C@@H](O)c3ccc(-n4cnnn4)nc3)CC2)C[C@H]1C. The lowest BCUT2D eigenvalue weighted by Gasteiger charge is -2.38. The molecule has 2 fully saturated rings. The molecule has 1 unspecified atom stereocenters. The Morgan fingerprint density at radius 1 is 1.24 bits per heavy atom. The molecule has 0 aliphatic carbocycles. The molecule has 11 heteroatoms. The number of aliphatic hydroxyl groups excluding tert-OH is 1. The number of pyridine rings is 1. The summed E-state index contributed by atoms with van der Waals surface area (Å²) in [6.07, 6.45) is 5.69. The van der Waals surface area contributed by atoms with Crippen molar-refractivity contribution in [3.8, 4) is 5.82 Å². The summed E-state index contributed by atoms with van der Waals surface area (Å²) in [4.78, 5) is 33.4. The number of β-amino-alcohol motifs (C(OH)–C–C–N with tert-alkyl or cyclic N) is 1. The second kappa shape index (κ2) is 8.31. The molecule has 1 N–H and O–H groups in total. The standard InChI is InChI=1S/C22H27N7O4/c1-14-10-22(21(32)29(14)17-9-20(31)33-15(17)2)5-7-27(8-6-22)12-18(30)16-3-4-19(23-11-16)28-13-24-25-26-28/h3-4,9,11,13-15,18,30H,5-8,10,12H2,1-2H3/t14-,15?,18-/m1/s1. The molecule has 1 amide bonds. The van der Waals surface area contributed by atoms with Gasteiger partial charge < -0.3 is 19.6 Å². The number of piperidine rings is 1. The topological polar surface area (TPSA) is 127 Å². The Kier molecular flexibility index (Phi) is 5.45. The fourth-order valence-corrected chi connectivity index (χ4v) is 5.27. The number of hydrogen-bond donors (Lipinski definition) is 1. The number of likely N-dealkylation sites (tertiary alicyclic amines) is 2. The number of carbonyl (C=O) groups is 2. The van der Waals surface area contributed by atoms with Gasteiger partial charge >= 0.3 is 5.97 Å². The monoisotopic (exact) mass is 453 g/mol. The molecule has 3 atom stereocenters. The Bertz CT molecular complexity index is 1060. The normalized spacial score (nSPS) is 26.0. The van der Waals surface area contributed by atoms with Gasteiger partial charge in [-0.3, -0.25) is 4.79 Å². The fourth-order valence-electron chi connectivity index (χ4n) is 5.27. The third-order valence-corrected chi connectivity index (χ3v) is 7.04. The smallest absolute Gasteiger partial charge is 0.333 e. The predicted octanol–water partition coefficient (Wildman–Crippen LogP) is 0.623. The summed E-state index contributed by atoms with van der Waals surface area (Å²) in [5, 5.41) is 21.7. The maximum Gasteiger partial charge on any atom is 0.333 e. The molecule has 33 heavy (non-hydrogen) atoms. The van der Waals surface area contributed by atoms with Gasteiger partial charge in [0, 0.05) is 30.4 Å². The molecular weight excluding hydrogens is 426 g/mol. The van der Waals surface area contributed by atoms with Gasteiger partial charge in [-0.2, -0.15) is 4.68 Å². The quantitative estimate of drug-likeness (QED) is 0.648. The molecule has 2 aromatic rings. The molecule has 3 aliphatic heterocycles. The van der Waals surface area contributed by atoms with E-state index in [0.717, 1.165) is 37.9 Å². The fraction of sp³-hybridized carbons (Fsp3) is 0.545. The Hall–Kier alpha value is -3.18. The first-order chi connectivity index (χ1) is 15.9. The van der Waals surface area contributed by atoms with Crippen LogP contribution < -0.4 is 0 Å². The van der Waals surface area contributed by atoms with E-state index in [-0.39, 0.29) is 17.9 Å². The summed E-state index contributed by atoms with van der Waals surface area (Å²) < 4.78 is 6.66. The van der Waals surface area contributed by atoms with E-state index in [1.54, 1.807) is 24.1 Å². The lowest BCUT2D eigenvalue weighted by Crippen LogP contribution is -2.46. The van der Waals surface area contributed by atoms with Crippen LogP contribution in [0.3, 0.4) is 0 Å². The summed E-state index contributed by atoms with van der Waals surface area (Å²) >= 11 is 0. The first-order valence-electron chi connectivity index (χ1n) is 11.2. The summed E-state index contributed by atoms with van der Waals surface area (Å²) in [6, 6.07) is 3.61. The van der Waals surface area contributed by atoms with E-state index in [9.17, 15) is 14.7 Å². The van der Waals surface area contributed by atoms with E-state index < -0.39 is 17.6 Å². The van der Waals surface area contributed by atoms with E-state index in [1.165, 1.54) is 17.1 Å². The van der Waals surface area contributed by atoms with Gasteiger partial charge in [-0.25, -0.2) is 9.78 Å². The molecule has 2 aromatic heterocycles. The van der Waals surface area contributed by atoms with Crippen LogP contribution in [-0.2, 0) is 14.3 Å². The van der Waals surface area contributed by atoms with Gasteiger partial charge in [-0.15, -0.1) is 5.10 Å². The zero-order chi connectivity index (χ0) is 23.2. The molecule has 3 aliphatic rings. The zero-order valence-corrected chi connectivity index (χ0v) is 18.7. The lowest BCUT2D eigenvalue weighted by molar-refractivity contribution is -0.141. The third kappa shape index (κ3) is 3.91. The van der Waals surface area contributed by atoms with Crippen LogP contribution in [0.1, 0.15) is 44.8 Å². The van der Waals surface area contributed by atoms with Crippen molar-refractivity contribution in [3.63, 3.8) is 0 Å². The number of aliphatic hydroxyl groups is 1. The highest BCUT2D eigenvalue weighted by Gasteiger charge is 2.53. The Morgan fingerprint density at radius 2 is 2.03 bits per heavy atom. The summed E-state index contributed by atoms with van der Waals surface area (Å²) in [5.41, 5.74) is 0.975. The van der Waals surface area contributed by atoms with Gasteiger partial charge in [0.1, 0.15) is 12.4 Å². The number of aromatic nitrogens is 5. The number of carbonyl (C=O) groups excluding carboxylic acids is 2. The number of esters is 1. The van der Waals surface area contributed by atoms with Crippen molar-refractivity contribution >= 4 is 11.9 Å². The number of cyclic esters (lactones) is 1. The van der Waals surface area contributed by atoms with Crippen LogP contribution in [0.2, 0.25) is 0 Å². The molecular formula is C22H27N7O4. The van der Waals surface area contributed by atoms with Gasteiger partial charge in [0.05, 0.1) is 17.2 Å². The molecule has 5 heterocycles. The number of amides is 1. The van der Waals surface area contributed by atoms with E-state index in [1.807, 2.05) is 13.0 Å². The maximum absolute atomic E-state index is 13.4. The van der Waals surface area contributed by atoms with Crippen LogP contribution in [0, 0.1) is 5.41 Å². The van der Waals surface area contributed by atoms with Crippen molar-refractivity contribution in [1.29, 1.82) is 0 Å². The number of nitrogens with zero attached hydrogens (tertiary/aromatic N) is 7. The molecule has 5 rings (SSSR count). The molecule has 174 valence electrons. The summed E-state index contributed by atoms with van der Waals surface area (Å²) in [5.74, 6) is 0.282.